The maximum Gasteiger partial charge on any atom is 0.274 e. The fourth-order valence-electron chi connectivity index (χ4n) is 4.34. The molecular weight excluding hydrogens is 332 g/mol. The third-order valence-corrected chi connectivity index (χ3v) is 5.72. The third kappa shape index (κ3) is 2.89. The van der Waals surface area contributed by atoms with E-state index >= 15 is 0 Å². The molecule has 2 aromatic heterocycles. The Morgan fingerprint density at radius 2 is 2.08 bits per heavy atom. The average molecular weight is 358 g/mol. The number of carbonyl (C=O) groups excluding carboxylic acids is 1. The first-order chi connectivity index (χ1) is 12.5. The van der Waals surface area contributed by atoms with Gasteiger partial charge in [-0.25, -0.2) is 9.50 Å². The number of amides is 1. The lowest BCUT2D eigenvalue weighted by molar-refractivity contribution is -0.183. The van der Waals surface area contributed by atoms with Crippen molar-refractivity contribution >= 4 is 11.6 Å². The first-order valence-electron chi connectivity index (χ1n) is 9.32. The fraction of sp³-hybridized carbons (Fsp3) is 0.632. The summed E-state index contributed by atoms with van der Waals surface area (Å²) in [7, 11) is 1.76. The van der Waals surface area contributed by atoms with Crippen LogP contribution in [-0.4, -0.2) is 63.9 Å². The van der Waals surface area contributed by atoms with E-state index in [0.717, 1.165) is 49.3 Å². The Morgan fingerprint density at radius 3 is 2.81 bits per heavy atom. The summed E-state index contributed by atoms with van der Waals surface area (Å²) in [6.07, 6.45) is 3.80. The molecule has 0 bridgehead atoms. The highest BCUT2D eigenvalue weighted by atomic mass is 16.5. The Hall–Kier alpha value is -1.99. The predicted molar refractivity (Wildman–Crippen MR) is 96.3 cm³/mol. The molecule has 26 heavy (non-hydrogen) atoms. The Kier molecular flexibility index (Phi) is 4.44. The van der Waals surface area contributed by atoms with Crippen molar-refractivity contribution < 1.29 is 14.3 Å². The van der Waals surface area contributed by atoms with E-state index in [0.29, 0.717) is 18.8 Å². The fourth-order valence-corrected chi connectivity index (χ4v) is 4.34. The van der Waals surface area contributed by atoms with Crippen molar-refractivity contribution in [2.45, 2.75) is 51.2 Å². The number of aryl methyl sites for hydroxylation is 2. The van der Waals surface area contributed by atoms with Gasteiger partial charge < -0.3 is 14.4 Å². The van der Waals surface area contributed by atoms with Gasteiger partial charge >= 0.3 is 0 Å². The standard InChI is InChI=1S/C19H26N4O3/c1-13-11-14(2)23-17(20-13)12-15(21-23)18(24)22-8-6-19(7-9-22)16(25-3)5-4-10-26-19/h11-12,16H,4-10H2,1-3H3/t16-/m1/s1. The molecule has 0 saturated carbocycles. The molecule has 0 N–H and O–H groups in total. The van der Waals surface area contributed by atoms with E-state index in [4.69, 9.17) is 9.47 Å². The molecule has 140 valence electrons. The maximum atomic E-state index is 12.9. The minimum absolute atomic E-state index is 0.0350. The van der Waals surface area contributed by atoms with E-state index in [1.54, 1.807) is 17.7 Å². The molecule has 2 aliphatic heterocycles. The highest BCUT2D eigenvalue weighted by Gasteiger charge is 2.45. The number of carbonyl (C=O) groups is 1. The number of hydrogen-bond donors (Lipinski definition) is 0. The van der Waals surface area contributed by atoms with Crippen LogP contribution in [0.2, 0.25) is 0 Å². The van der Waals surface area contributed by atoms with Crippen LogP contribution in [0.25, 0.3) is 5.65 Å². The molecule has 1 amide bonds. The number of likely N-dealkylation sites (tertiary alicyclic amines) is 1. The first kappa shape index (κ1) is 17.4. The molecule has 7 nitrogen and oxygen atoms in total. The number of nitrogens with zero attached hydrogens (tertiary/aromatic N) is 4. The van der Waals surface area contributed by atoms with Gasteiger partial charge in [-0.15, -0.1) is 0 Å². The van der Waals surface area contributed by atoms with Crippen molar-refractivity contribution in [3.63, 3.8) is 0 Å². The molecule has 2 fully saturated rings. The van der Waals surface area contributed by atoms with Crippen molar-refractivity contribution in [3.8, 4) is 0 Å². The summed E-state index contributed by atoms with van der Waals surface area (Å²) in [5, 5.41) is 4.47. The summed E-state index contributed by atoms with van der Waals surface area (Å²) >= 11 is 0. The number of hydrogen-bond acceptors (Lipinski definition) is 5. The van der Waals surface area contributed by atoms with Crippen LogP contribution in [0, 0.1) is 13.8 Å². The molecule has 1 spiro atoms. The number of rotatable bonds is 2. The van der Waals surface area contributed by atoms with Crippen molar-refractivity contribution in [2.24, 2.45) is 0 Å². The van der Waals surface area contributed by atoms with Crippen LogP contribution in [0.4, 0.5) is 0 Å². The van der Waals surface area contributed by atoms with E-state index in [1.165, 1.54) is 0 Å². The van der Waals surface area contributed by atoms with E-state index in [-0.39, 0.29) is 17.6 Å². The SMILES string of the molecule is CO[C@@H]1CCCOC12CCN(C(=O)c1cc3nc(C)cc(C)n3n1)CC2. The van der Waals surface area contributed by atoms with Crippen LogP contribution in [-0.2, 0) is 9.47 Å². The van der Waals surface area contributed by atoms with Crippen molar-refractivity contribution in [1.29, 1.82) is 0 Å². The number of aromatic nitrogens is 3. The Balaban J connectivity index is 1.51. The summed E-state index contributed by atoms with van der Waals surface area (Å²) in [4.78, 5) is 19.3. The first-order valence-corrected chi connectivity index (χ1v) is 9.32. The highest BCUT2D eigenvalue weighted by Crippen LogP contribution is 2.37. The third-order valence-electron chi connectivity index (χ3n) is 5.72. The monoisotopic (exact) mass is 358 g/mol. The van der Waals surface area contributed by atoms with Crippen LogP contribution in [0.1, 0.15) is 47.6 Å². The normalized spacial score (nSPS) is 22.9. The number of methoxy groups -OCH3 is 1. The quantitative estimate of drug-likeness (QED) is 0.823. The predicted octanol–water partition coefficient (Wildman–Crippen LogP) is 2.15. The number of ether oxygens (including phenoxy) is 2. The van der Waals surface area contributed by atoms with E-state index in [1.807, 2.05) is 24.8 Å². The summed E-state index contributed by atoms with van der Waals surface area (Å²) in [6, 6.07) is 3.74. The lowest BCUT2D eigenvalue weighted by Gasteiger charge is -2.47. The molecule has 0 aromatic carbocycles. The second-order valence-corrected chi connectivity index (χ2v) is 7.41. The smallest absolute Gasteiger partial charge is 0.274 e. The van der Waals surface area contributed by atoms with Crippen LogP contribution >= 0.6 is 0 Å². The molecule has 1 atom stereocenters. The zero-order valence-electron chi connectivity index (χ0n) is 15.7. The van der Waals surface area contributed by atoms with Gasteiger partial charge in [0.1, 0.15) is 0 Å². The van der Waals surface area contributed by atoms with Gasteiger partial charge in [0, 0.05) is 44.3 Å². The van der Waals surface area contributed by atoms with Crippen molar-refractivity contribution in [3.05, 3.63) is 29.2 Å². The Bertz CT molecular complexity index is 824. The van der Waals surface area contributed by atoms with Crippen molar-refractivity contribution in [1.82, 2.24) is 19.5 Å². The van der Waals surface area contributed by atoms with Crippen LogP contribution in [0.15, 0.2) is 12.1 Å². The highest BCUT2D eigenvalue weighted by molar-refractivity contribution is 5.93. The Morgan fingerprint density at radius 1 is 1.31 bits per heavy atom. The van der Waals surface area contributed by atoms with Crippen molar-refractivity contribution in [2.75, 3.05) is 26.8 Å². The molecule has 4 rings (SSSR count). The topological polar surface area (TPSA) is 69.0 Å². The summed E-state index contributed by atoms with van der Waals surface area (Å²) in [6.45, 7) is 6.03. The van der Waals surface area contributed by atoms with Crippen LogP contribution in [0.3, 0.4) is 0 Å². The molecule has 0 unspecified atom stereocenters. The van der Waals surface area contributed by atoms with Gasteiger partial charge in [-0.1, -0.05) is 0 Å². The van der Waals surface area contributed by atoms with Gasteiger partial charge in [0.05, 0.1) is 11.7 Å². The Labute approximate surface area is 153 Å². The van der Waals surface area contributed by atoms with E-state index < -0.39 is 0 Å². The lowest BCUT2D eigenvalue weighted by Crippen LogP contribution is -2.56. The number of piperidine rings is 1. The summed E-state index contributed by atoms with van der Waals surface area (Å²) in [5.41, 5.74) is 2.83. The molecule has 7 heteroatoms. The molecule has 0 aliphatic carbocycles. The van der Waals surface area contributed by atoms with Gasteiger partial charge in [0.25, 0.3) is 5.91 Å². The number of fused-ring (bicyclic) bond motifs is 1. The zero-order chi connectivity index (χ0) is 18.3. The van der Waals surface area contributed by atoms with Gasteiger partial charge in [0.15, 0.2) is 11.3 Å². The van der Waals surface area contributed by atoms with Gasteiger partial charge in [-0.3, -0.25) is 4.79 Å². The van der Waals surface area contributed by atoms with Crippen LogP contribution in [0.5, 0.6) is 0 Å². The maximum absolute atomic E-state index is 12.9. The lowest BCUT2D eigenvalue weighted by atomic mass is 9.82. The molecule has 2 saturated heterocycles. The molecule has 0 radical (unpaired) electrons. The van der Waals surface area contributed by atoms with Gasteiger partial charge in [-0.05, 0) is 45.6 Å². The zero-order valence-corrected chi connectivity index (χ0v) is 15.7. The minimum Gasteiger partial charge on any atom is -0.378 e. The average Bonchev–Trinajstić information content (AvgIpc) is 3.06. The minimum atomic E-state index is -0.238. The summed E-state index contributed by atoms with van der Waals surface area (Å²) < 4.78 is 13.5. The van der Waals surface area contributed by atoms with Crippen LogP contribution < -0.4 is 0 Å². The van der Waals surface area contributed by atoms with Gasteiger partial charge in [0.2, 0.25) is 0 Å². The molecule has 2 aliphatic rings. The second kappa shape index (κ2) is 6.63. The summed E-state index contributed by atoms with van der Waals surface area (Å²) in [5.74, 6) is -0.0350. The molecule has 4 heterocycles. The largest absolute Gasteiger partial charge is 0.378 e. The van der Waals surface area contributed by atoms with E-state index in [2.05, 4.69) is 10.1 Å². The van der Waals surface area contributed by atoms with E-state index in [9.17, 15) is 4.79 Å². The van der Waals surface area contributed by atoms with Gasteiger partial charge in [-0.2, -0.15) is 5.10 Å². The molecule has 2 aromatic rings. The molecular formula is C19H26N4O3. The second-order valence-electron chi connectivity index (χ2n) is 7.41.